The van der Waals surface area contributed by atoms with E-state index in [2.05, 4.69) is 19.9 Å². The van der Waals surface area contributed by atoms with E-state index in [4.69, 9.17) is 5.41 Å². The molecule has 0 unspecified atom stereocenters. The van der Waals surface area contributed by atoms with Crippen molar-refractivity contribution in [3.63, 3.8) is 0 Å². The van der Waals surface area contributed by atoms with Crippen molar-refractivity contribution in [1.82, 2.24) is 15.0 Å². The summed E-state index contributed by atoms with van der Waals surface area (Å²) in [5.41, 5.74) is 2.15. The fourth-order valence-electron chi connectivity index (χ4n) is 3.75. The van der Waals surface area contributed by atoms with Gasteiger partial charge in [0.05, 0.1) is 28.0 Å². The van der Waals surface area contributed by atoms with Crippen LogP contribution in [-0.4, -0.2) is 40.4 Å². The summed E-state index contributed by atoms with van der Waals surface area (Å²) < 4.78 is 14.7. The van der Waals surface area contributed by atoms with Gasteiger partial charge in [-0.05, 0) is 37.1 Å². The Labute approximate surface area is 166 Å². The van der Waals surface area contributed by atoms with E-state index in [1.54, 1.807) is 18.5 Å². The Kier molecular flexibility index (Phi) is 4.27. The maximum absolute atomic E-state index is 14.7. The maximum Gasteiger partial charge on any atom is 0.225 e. The molecule has 6 nitrogen and oxygen atoms in total. The van der Waals surface area contributed by atoms with Gasteiger partial charge in [-0.25, -0.2) is 9.97 Å². The van der Waals surface area contributed by atoms with Crippen LogP contribution in [0.5, 0.6) is 0 Å². The number of nitrogens with one attached hydrogen (secondary N) is 1. The Balaban J connectivity index is 1.45. The van der Waals surface area contributed by atoms with Gasteiger partial charge in [0.25, 0.3) is 0 Å². The zero-order chi connectivity index (χ0) is 19.1. The van der Waals surface area contributed by atoms with Gasteiger partial charge in [-0.3, -0.25) is 10.4 Å². The Morgan fingerprint density at radius 2 is 1.93 bits per heavy atom. The van der Waals surface area contributed by atoms with Gasteiger partial charge in [0.2, 0.25) is 5.95 Å². The molecular weight excluding hydrogens is 375 g/mol. The molecule has 142 valence electrons. The molecular formula is C20H19FN6S. The van der Waals surface area contributed by atoms with Crippen molar-refractivity contribution in [3.8, 4) is 10.6 Å². The molecule has 3 aromatic heterocycles. The van der Waals surface area contributed by atoms with E-state index in [-0.39, 0.29) is 0 Å². The summed E-state index contributed by atoms with van der Waals surface area (Å²) in [7, 11) is 0. The smallest absolute Gasteiger partial charge is 0.225 e. The third-order valence-electron chi connectivity index (χ3n) is 5.21. The zero-order valence-corrected chi connectivity index (χ0v) is 16.0. The van der Waals surface area contributed by atoms with Crippen LogP contribution in [0.3, 0.4) is 0 Å². The van der Waals surface area contributed by atoms with Crippen molar-refractivity contribution in [3.05, 3.63) is 53.2 Å². The highest BCUT2D eigenvalue weighted by Crippen LogP contribution is 2.34. The molecule has 2 aliphatic heterocycles. The number of anilines is 2. The van der Waals surface area contributed by atoms with Crippen LogP contribution in [0.1, 0.15) is 23.4 Å². The van der Waals surface area contributed by atoms with Crippen LogP contribution in [0.25, 0.3) is 10.6 Å². The van der Waals surface area contributed by atoms with E-state index in [1.807, 2.05) is 23.1 Å². The third-order valence-corrected chi connectivity index (χ3v) is 6.34. The summed E-state index contributed by atoms with van der Waals surface area (Å²) >= 11 is 1.36. The summed E-state index contributed by atoms with van der Waals surface area (Å²) in [4.78, 5) is 17.8. The molecule has 0 bridgehead atoms. The van der Waals surface area contributed by atoms with Crippen LogP contribution in [0.15, 0.2) is 36.7 Å². The van der Waals surface area contributed by atoms with E-state index in [0.29, 0.717) is 35.2 Å². The van der Waals surface area contributed by atoms with E-state index < -0.39 is 5.95 Å². The fraction of sp³-hybridized carbons (Fsp3) is 0.300. The molecule has 28 heavy (non-hydrogen) atoms. The summed E-state index contributed by atoms with van der Waals surface area (Å²) in [6.45, 7) is 2.52. The number of fused-ring (bicyclic) bond motifs is 1. The lowest BCUT2D eigenvalue weighted by Gasteiger charge is -2.28. The highest BCUT2D eigenvalue weighted by atomic mass is 32.1. The highest BCUT2D eigenvalue weighted by Gasteiger charge is 2.28. The van der Waals surface area contributed by atoms with Crippen LogP contribution in [0.2, 0.25) is 0 Å². The van der Waals surface area contributed by atoms with E-state index in [9.17, 15) is 4.39 Å². The van der Waals surface area contributed by atoms with Crippen LogP contribution in [-0.2, 0) is 6.42 Å². The number of hydrogen-bond donors (Lipinski definition) is 1. The topological polar surface area (TPSA) is 69.0 Å². The molecule has 0 radical (unpaired) electrons. The molecule has 8 heteroatoms. The normalized spacial score (nSPS) is 16.5. The van der Waals surface area contributed by atoms with Gasteiger partial charge in [0, 0.05) is 32.3 Å². The van der Waals surface area contributed by atoms with Gasteiger partial charge in [-0.1, -0.05) is 0 Å². The minimum Gasteiger partial charge on any atom is -0.357 e. The molecule has 5 rings (SSSR count). The fourth-order valence-corrected chi connectivity index (χ4v) is 4.84. The molecule has 0 atom stereocenters. The molecule has 0 aromatic carbocycles. The molecule has 0 amide bonds. The van der Waals surface area contributed by atoms with Crippen LogP contribution in [0.4, 0.5) is 15.9 Å². The second-order valence-electron chi connectivity index (χ2n) is 6.96. The van der Waals surface area contributed by atoms with Crippen molar-refractivity contribution >= 4 is 28.7 Å². The van der Waals surface area contributed by atoms with Gasteiger partial charge in [0.15, 0.2) is 0 Å². The molecule has 0 saturated carbocycles. The number of rotatable bonds is 3. The number of nitrogens with zero attached hydrogens (tertiary/aromatic N) is 5. The molecule has 0 spiro atoms. The minimum absolute atomic E-state index is 0.389. The predicted molar refractivity (Wildman–Crippen MR) is 109 cm³/mol. The Bertz CT molecular complexity index is 1030. The predicted octanol–water partition coefficient (Wildman–Crippen LogP) is 3.73. The van der Waals surface area contributed by atoms with Gasteiger partial charge in [-0.2, -0.15) is 4.39 Å². The molecule has 1 saturated heterocycles. The minimum atomic E-state index is -0.494. The summed E-state index contributed by atoms with van der Waals surface area (Å²) in [5, 5.41) is 9.18. The first kappa shape index (κ1) is 17.2. The molecule has 1 fully saturated rings. The number of thiazole rings is 1. The van der Waals surface area contributed by atoms with Crippen molar-refractivity contribution in [2.75, 3.05) is 29.4 Å². The zero-order valence-electron chi connectivity index (χ0n) is 15.2. The highest BCUT2D eigenvalue weighted by molar-refractivity contribution is 7.17. The summed E-state index contributed by atoms with van der Waals surface area (Å²) in [6, 6.07) is 7.44. The number of hydrogen-bond acceptors (Lipinski definition) is 6. The van der Waals surface area contributed by atoms with E-state index in [1.165, 1.54) is 11.3 Å². The van der Waals surface area contributed by atoms with Gasteiger partial charge < -0.3 is 9.80 Å². The number of pyridine rings is 2. The number of halogens is 1. The van der Waals surface area contributed by atoms with Gasteiger partial charge in [0.1, 0.15) is 16.7 Å². The number of amidine groups is 1. The quantitative estimate of drug-likeness (QED) is 0.686. The third kappa shape index (κ3) is 2.93. The van der Waals surface area contributed by atoms with Crippen molar-refractivity contribution < 1.29 is 4.39 Å². The first-order chi connectivity index (χ1) is 13.7. The first-order valence-electron chi connectivity index (χ1n) is 9.39. The average molecular weight is 394 g/mol. The molecule has 1 N–H and O–H groups in total. The first-order valence-corrected chi connectivity index (χ1v) is 10.2. The van der Waals surface area contributed by atoms with E-state index >= 15 is 0 Å². The molecule has 0 aliphatic carbocycles. The second kappa shape index (κ2) is 6.94. The largest absolute Gasteiger partial charge is 0.357 e. The van der Waals surface area contributed by atoms with Crippen LogP contribution >= 0.6 is 11.3 Å². The van der Waals surface area contributed by atoms with E-state index in [0.717, 1.165) is 42.2 Å². The van der Waals surface area contributed by atoms with Crippen molar-refractivity contribution in [1.29, 1.82) is 5.41 Å². The lowest BCUT2D eigenvalue weighted by atomic mass is 10.1. The average Bonchev–Trinajstić information content (AvgIpc) is 3.39. The van der Waals surface area contributed by atoms with Crippen molar-refractivity contribution in [2.45, 2.75) is 19.3 Å². The lowest BCUT2D eigenvalue weighted by molar-refractivity contribution is 0.586. The molecule has 5 heterocycles. The monoisotopic (exact) mass is 394 g/mol. The van der Waals surface area contributed by atoms with Crippen molar-refractivity contribution in [2.24, 2.45) is 0 Å². The van der Waals surface area contributed by atoms with Crippen LogP contribution < -0.4 is 9.80 Å². The maximum atomic E-state index is 14.7. The van der Waals surface area contributed by atoms with Gasteiger partial charge >= 0.3 is 0 Å². The number of aromatic nitrogens is 3. The van der Waals surface area contributed by atoms with Gasteiger partial charge in [-0.15, -0.1) is 11.3 Å². The Morgan fingerprint density at radius 1 is 1.07 bits per heavy atom. The molecule has 3 aromatic rings. The summed E-state index contributed by atoms with van der Waals surface area (Å²) in [6.07, 6.45) is 6.43. The Hall–Kier alpha value is -2.87. The summed E-state index contributed by atoms with van der Waals surface area (Å²) in [5.74, 6) is 0.585. The van der Waals surface area contributed by atoms with Crippen LogP contribution in [0, 0.1) is 11.4 Å². The molecule has 2 aliphatic rings. The SMILES string of the molecule is N=C1c2sc(-c3ccc(N4CCCC4)nc3F)nc2CCN1c1cccnc1. The Morgan fingerprint density at radius 3 is 2.68 bits per heavy atom. The lowest BCUT2D eigenvalue weighted by Crippen LogP contribution is -2.37. The second-order valence-corrected chi connectivity index (χ2v) is 7.96. The standard InChI is InChI=1S/C20H19FN6S/c21-18-14(5-6-16(25-18)26-9-1-2-10-26)20-24-15-7-11-27(19(22)17(15)28-20)13-4-3-8-23-12-13/h3-6,8,12,22H,1-2,7,9-11H2.